The molecule has 2 aromatic heterocycles. The van der Waals surface area contributed by atoms with E-state index in [0.717, 1.165) is 5.56 Å². The molecule has 0 radical (unpaired) electrons. The molecule has 23 heavy (non-hydrogen) atoms. The van der Waals surface area contributed by atoms with Gasteiger partial charge in [0, 0.05) is 10.9 Å². The molecular weight excluding hydrogens is 312 g/mol. The van der Waals surface area contributed by atoms with E-state index in [1.54, 1.807) is 5.38 Å². The number of nitrogens with zero attached hydrogens (tertiary/aromatic N) is 2. The molecule has 114 valence electrons. The van der Waals surface area contributed by atoms with Crippen LogP contribution in [-0.2, 0) is 4.74 Å². The summed E-state index contributed by atoms with van der Waals surface area (Å²) in [5, 5.41) is 6.23. The number of esters is 1. The maximum Gasteiger partial charge on any atom is 0.357 e. The van der Waals surface area contributed by atoms with Crippen LogP contribution in [0.4, 0.5) is 0 Å². The predicted octanol–water partition coefficient (Wildman–Crippen LogP) is 3.29. The number of ether oxygens (including phenoxy) is 1. The fourth-order valence-corrected chi connectivity index (χ4v) is 2.59. The molecule has 0 spiro atoms. The summed E-state index contributed by atoms with van der Waals surface area (Å²) in [6.45, 7) is 1.81. The lowest BCUT2D eigenvalue weighted by Crippen LogP contribution is -2.00. The Kier molecular flexibility index (Phi) is 4.22. The second-order valence-corrected chi connectivity index (χ2v) is 5.47. The SMILES string of the molecule is COC(=O)c1csc(C#Cc2c(-c3ccccc3)noc2C)n1. The summed E-state index contributed by atoms with van der Waals surface area (Å²) in [5.41, 5.74) is 2.60. The molecule has 0 aliphatic carbocycles. The second-order valence-electron chi connectivity index (χ2n) is 4.61. The number of thiazole rings is 1. The van der Waals surface area contributed by atoms with Crippen molar-refractivity contribution < 1.29 is 14.1 Å². The summed E-state index contributed by atoms with van der Waals surface area (Å²) in [4.78, 5) is 15.5. The molecule has 0 atom stereocenters. The van der Waals surface area contributed by atoms with Crippen molar-refractivity contribution >= 4 is 17.3 Å². The van der Waals surface area contributed by atoms with Crippen LogP contribution in [0.25, 0.3) is 11.3 Å². The molecule has 2 heterocycles. The summed E-state index contributed by atoms with van der Waals surface area (Å²) in [6, 6.07) is 9.69. The first kappa shape index (κ1) is 15.0. The molecule has 0 fully saturated rings. The molecular formula is C17H12N2O3S. The van der Waals surface area contributed by atoms with Gasteiger partial charge in [0.15, 0.2) is 10.7 Å². The largest absolute Gasteiger partial charge is 0.464 e. The molecule has 0 amide bonds. The third-order valence-corrected chi connectivity index (χ3v) is 3.86. The third kappa shape index (κ3) is 3.15. The van der Waals surface area contributed by atoms with Crippen LogP contribution in [0.5, 0.6) is 0 Å². The van der Waals surface area contributed by atoms with Gasteiger partial charge in [0.2, 0.25) is 0 Å². The normalized spacial score (nSPS) is 10.0. The monoisotopic (exact) mass is 324 g/mol. The van der Waals surface area contributed by atoms with Gasteiger partial charge >= 0.3 is 5.97 Å². The van der Waals surface area contributed by atoms with Crippen LogP contribution in [0.2, 0.25) is 0 Å². The Balaban J connectivity index is 1.94. The minimum absolute atomic E-state index is 0.257. The number of benzene rings is 1. The maximum atomic E-state index is 11.4. The number of carbonyl (C=O) groups is 1. The Morgan fingerprint density at radius 1 is 1.26 bits per heavy atom. The van der Waals surface area contributed by atoms with E-state index in [0.29, 0.717) is 22.0 Å². The molecule has 3 rings (SSSR count). The molecule has 0 N–H and O–H groups in total. The lowest BCUT2D eigenvalue weighted by atomic mass is 10.1. The zero-order valence-corrected chi connectivity index (χ0v) is 13.3. The van der Waals surface area contributed by atoms with Gasteiger partial charge in [-0.05, 0) is 12.8 Å². The van der Waals surface area contributed by atoms with Crippen LogP contribution >= 0.6 is 11.3 Å². The van der Waals surface area contributed by atoms with E-state index in [1.165, 1.54) is 18.4 Å². The summed E-state index contributed by atoms with van der Waals surface area (Å²) in [5.74, 6) is 6.15. The molecule has 6 heteroatoms. The van der Waals surface area contributed by atoms with E-state index in [2.05, 4.69) is 26.7 Å². The fourth-order valence-electron chi connectivity index (χ4n) is 1.96. The van der Waals surface area contributed by atoms with E-state index in [4.69, 9.17) is 4.52 Å². The molecule has 0 bridgehead atoms. The van der Waals surface area contributed by atoms with Gasteiger partial charge in [-0.2, -0.15) is 0 Å². The highest BCUT2D eigenvalue weighted by atomic mass is 32.1. The van der Waals surface area contributed by atoms with E-state index < -0.39 is 5.97 Å². The minimum atomic E-state index is -0.472. The highest BCUT2D eigenvalue weighted by Gasteiger charge is 2.13. The number of aromatic nitrogens is 2. The van der Waals surface area contributed by atoms with Gasteiger partial charge in [0.25, 0.3) is 0 Å². The molecule has 3 aromatic rings. The van der Waals surface area contributed by atoms with E-state index >= 15 is 0 Å². The Labute approximate surface area is 136 Å². The van der Waals surface area contributed by atoms with Gasteiger partial charge in [-0.3, -0.25) is 0 Å². The smallest absolute Gasteiger partial charge is 0.357 e. The van der Waals surface area contributed by atoms with Crippen molar-refractivity contribution in [1.29, 1.82) is 0 Å². The van der Waals surface area contributed by atoms with Crippen molar-refractivity contribution in [2.24, 2.45) is 0 Å². The Morgan fingerprint density at radius 3 is 2.78 bits per heavy atom. The summed E-state index contributed by atoms with van der Waals surface area (Å²) >= 11 is 1.29. The maximum absolute atomic E-state index is 11.4. The zero-order chi connectivity index (χ0) is 16.2. The standard InChI is InChI=1S/C17H12N2O3S/c1-11-13(16(19-22-11)12-6-4-3-5-7-12)8-9-15-18-14(10-23-15)17(20)21-2/h3-7,10H,1-2H3. The van der Waals surface area contributed by atoms with E-state index in [9.17, 15) is 4.79 Å². The Morgan fingerprint density at radius 2 is 2.04 bits per heavy atom. The van der Waals surface area contributed by atoms with E-state index in [-0.39, 0.29) is 5.69 Å². The number of rotatable bonds is 2. The van der Waals surface area contributed by atoms with Gasteiger partial charge in [-0.15, -0.1) is 11.3 Å². The average molecular weight is 324 g/mol. The average Bonchev–Trinajstić information content (AvgIpc) is 3.20. The Hall–Kier alpha value is -2.91. The lowest BCUT2D eigenvalue weighted by molar-refractivity contribution is 0.0595. The van der Waals surface area contributed by atoms with Crippen LogP contribution in [0.15, 0.2) is 40.2 Å². The fraction of sp³-hybridized carbons (Fsp3) is 0.118. The van der Waals surface area contributed by atoms with Gasteiger partial charge < -0.3 is 9.26 Å². The van der Waals surface area contributed by atoms with Gasteiger partial charge in [0.05, 0.1) is 12.7 Å². The van der Waals surface area contributed by atoms with Gasteiger partial charge in [-0.1, -0.05) is 41.4 Å². The third-order valence-electron chi connectivity index (χ3n) is 3.10. The topological polar surface area (TPSA) is 65.2 Å². The zero-order valence-electron chi connectivity index (χ0n) is 12.5. The van der Waals surface area contributed by atoms with Crippen molar-refractivity contribution in [2.75, 3.05) is 7.11 Å². The van der Waals surface area contributed by atoms with Crippen LogP contribution in [0.1, 0.15) is 26.8 Å². The van der Waals surface area contributed by atoms with Crippen LogP contribution in [-0.4, -0.2) is 23.2 Å². The molecule has 1 aromatic carbocycles. The first-order chi connectivity index (χ1) is 11.2. The van der Waals surface area contributed by atoms with Crippen LogP contribution in [0.3, 0.4) is 0 Å². The molecule has 0 aliphatic rings. The molecule has 0 unspecified atom stereocenters. The number of aryl methyl sites for hydroxylation is 1. The van der Waals surface area contributed by atoms with E-state index in [1.807, 2.05) is 37.3 Å². The van der Waals surface area contributed by atoms with Crippen molar-refractivity contribution in [3.05, 3.63) is 57.7 Å². The molecule has 0 saturated carbocycles. The first-order valence-corrected chi connectivity index (χ1v) is 7.64. The quantitative estimate of drug-likeness (QED) is 0.534. The highest BCUT2D eigenvalue weighted by molar-refractivity contribution is 7.10. The minimum Gasteiger partial charge on any atom is -0.464 e. The van der Waals surface area contributed by atoms with Crippen LogP contribution < -0.4 is 0 Å². The molecule has 0 aliphatic heterocycles. The second kappa shape index (κ2) is 6.46. The first-order valence-electron chi connectivity index (χ1n) is 6.76. The van der Waals surface area contributed by atoms with Crippen LogP contribution in [0, 0.1) is 18.8 Å². The van der Waals surface area contributed by atoms with Gasteiger partial charge in [0.1, 0.15) is 11.5 Å². The van der Waals surface area contributed by atoms with Crippen molar-refractivity contribution in [3.63, 3.8) is 0 Å². The molecule has 0 saturated heterocycles. The summed E-state index contributed by atoms with van der Waals surface area (Å²) in [6.07, 6.45) is 0. The number of hydrogen-bond donors (Lipinski definition) is 0. The lowest BCUT2D eigenvalue weighted by Gasteiger charge is -1.95. The summed E-state index contributed by atoms with van der Waals surface area (Å²) < 4.78 is 9.88. The number of hydrogen-bond acceptors (Lipinski definition) is 6. The van der Waals surface area contributed by atoms with Gasteiger partial charge in [-0.25, -0.2) is 9.78 Å². The number of carbonyl (C=O) groups excluding carboxylic acids is 1. The van der Waals surface area contributed by atoms with Crippen molar-refractivity contribution in [3.8, 4) is 23.1 Å². The van der Waals surface area contributed by atoms with Crippen molar-refractivity contribution in [1.82, 2.24) is 10.1 Å². The van der Waals surface area contributed by atoms with Crippen molar-refractivity contribution in [2.45, 2.75) is 6.92 Å². The predicted molar refractivity (Wildman–Crippen MR) is 86.1 cm³/mol. The Bertz CT molecular complexity index is 901. The molecule has 5 nitrogen and oxygen atoms in total. The summed E-state index contributed by atoms with van der Waals surface area (Å²) in [7, 11) is 1.32. The number of methoxy groups -OCH3 is 1. The highest BCUT2D eigenvalue weighted by Crippen LogP contribution is 2.24.